The van der Waals surface area contributed by atoms with Crippen LogP contribution in [-0.2, 0) is 9.59 Å². The third-order valence-corrected chi connectivity index (χ3v) is 9.12. The Labute approximate surface area is 178 Å². The molecule has 0 aliphatic heterocycles. The molecule has 0 amide bonds. The molecule has 9 atom stereocenters. The standard InChI is InChI=1S/C19H33NO2.C4H4O4/c1-18-7-5-12(21)9-11(18)3-4-13-14(18)6-8-19(2)15(13)10-16(22)17(19)20;5-3(6)1-2-4(7)8/h11-17,21-22H,3-10,20H2,1-2H3;1-2H,(H,5,6)(H,7,8)/b;2-1-/t11-,12-,13+,14-,15-,16+,17-,18-,19-;/m0./s1. The van der Waals surface area contributed by atoms with Gasteiger partial charge in [-0.2, -0.15) is 0 Å². The summed E-state index contributed by atoms with van der Waals surface area (Å²) in [6, 6.07) is -0.0304. The van der Waals surface area contributed by atoms with Gasteiger partial charge in [-0.15, -0.1) is 0 Å². The Morgan fingerprint density at radius 1 is 0.867 bits per heavy atom. The molecule has 4 aliphatic carbocycles. The van der Waals surface area contributed by atoms with Crippen molar-refractivity contribution in [3.63, 3.8) is 0 Å². The van der Waals surface area contributed by atoms with E-state index in [1.165, 1.54) is 32.1 Å². The molecular weight excluding hydrogens is 386 g/mol. The summed E-state index contributed by atoms with van der Waals surface area (Å²) in [6.45, 7) is 4.85. The number of aliphatic carboxylic acids is 2. The van der Waals surface area contributed by atoms with E-state index in [0.717, 1.165) is 31.1 Å². The van der Waals surface area contributed by atoms with Crippen molar-refractivity contribution >= 4 is 11.9 Å². The minimum Gasteiger partial charge on any atom is -0.478 e. The summed E-state index contributed by atoms with van der Waals surface area (Å²) < 4.78 is 0. The maximum atomic E-state index is 10.4. The highest BCUT2D eigenvalue weighted by Crippen LogP contribution is 2.65. The molecule has 0 aromatic carbocycles. The van der Waals surface area contributed by atoms with Gasteiger partial charge in [0.1, 0.15) is 0 Å². The lowest BCUT2D eigenvalue weighted by Crippen LogP contribution is -2.55. The number of aliphatic hydroxyl groups excluding tert-OH is 2. The molecule has 7 heteroatoms. The summed E-state index contributed by atoms with van der Waals surface area (Å²) in [6.07, 6.45) is 9.89. The molecule has 30 heavy (non-hydrogen) atoms. The van der Waals surface area contributed by atoms with Crippen LogP contribution in [0.3, 0.4) is 0 Å². The first-order valence-electron chi connectivity index (χ1n) is 11.2. The lowest BCUT2D eigenvalue weighted by molar-refractivity contribution is -0.134. The quantitative estimate of drug-likeness (QED) is 0.429. The Bertz CT molecular complexity index is 679. The number of aliphatic hydroxyl groups is 2. The van der Waals surface area contributed by atoms with Crippen LogP contribution in [0.2, 0.25) is 0 Å². The average Bonchev–Trinajstić information content (AvgIpc) is 2.91. The summed E-state index contributed by atoms with van der Waals surface area (Å²) in [5.41, 5.74) is 6.96. The number of carboxylic acids is 2. The molecule has 7 nitrogen and oxygen atoms in total. The third kappa shape index (κ3) is 4.16. The van der Waals surface area contributed by atoms with Crippen molar-refractivity contribution in [1.29, 1.82) is 0 Å². The van der Waals surface area contributed by atoms with Crippen molar-refractivity contribution in [2.45, 2.75) is 83.5 Å². The van der Waals surface area contributed by atoms with E-state index in [4.69, 9.17) is 15.9 Å². The summed E-state index contributed by atoms with van der Waals surface area (Å²) >= 11 is 0. The number of carboxylic acid groups (broad SMARTS) is 2. The normalized spacial score (nSPS) is 47.4. The largest absolute Gasteiger partial charge is 0.478 e. The number of rotatable bonds is 2. The highest BCUT2D eigenvalue weighted by Gasteiger charge is 2.61. The van der Waals surface area contributed by atoms with Gasteiger partial charge in [0.2, 0.25) is 0 Å². The molecule has 4 fully saturated rings. The number of carbonyl (C=O) groups is 2. The van der Waals surface area contributed by atoms with Crippen molar-refractivity contribution < 1.29 is 30.0 Å². The van der Waals surface area contributed by atoms with E-state index in [1.54, 1.807) is 0 Å². The van der Waals surface area contributed by atoms with Crippen LogP contribution < -0.4 is 5.73 Å². The first-order valence-corrected chi connectivity index (χ1v) is 11.2. The highest BCUT2D eigenvalue weighted by atomic mass is 16.4. The molecule has 4 saturated carbocycles. The van der Waals surface area contributed by atoms with Crippen LogP contribution in [0, 0.1) is 34.5 Å². The van der Waals surface area contributed by atoms with Crippen molar-refractivity contribution in [3.8, 4) is 0 Å². The molecular formula is C23H37NO6. The lowest BCUT2D eigenvalue weighted by atomic mass is 9.45. The zero-order chi connectivity index (χ0) is 22.3. The molecule has 0 heterocycles. The number of fused-ring (bicyclic) bond motifs is 5. The van der Waals surface area contributed by atoms with Crippen molar-refractivity contribution in [1.82, 2.24) is 0 Å². The van der Waals surface area contributed by atoms with Crippen LogP contribution in [-0.4, -0.2) is 50.6 Å². The number of hydrogen-bond donors (Lipinski definition) is 5. The second-order valence-corrected chi connectivity index (χ2v) is 10.5. The first kappa shape index (κ1) is 23.2. The van der Waals surface area contributed by atoms with Gasteiger partial charge in [-0.3, -0.25) is 0 Å². The lowest BCUT2D eigenvalue weighted by Gasteiger charge is -2.60. The van der Waals surface area contributed by atoms with Crippen LogP contribution in [0.5, 0.6) is 0 Å². The summed E-state index contributed by atoms with van der Waals surface area (Å²) in [4.78, 5) is 19.1. The van der Waals surface area contributed by atoms with Gasteiger partial charge in [0.05, 0.1) is 12.2 Å². The van der Waals surface area contributed by atoms with E-state index >= 15 is 0 Å². The third-order valence-electron chi connectivity index (χ3n) is 9.12. The topological polar surface area (TPSA) is 141 Å². The van der Waals surface area contributed by atoms with E-state index in [0.29, 0.717) is 29.4 Å². The Balaban J connectivity index is 0.000000275. The predicted octanol–water partition coefficient (Wildman–Crippen LogP) is 2.40. The minimum absolute atomic E-state index is 0.0304. The molecule has 0 saturated heterocycles. The number of hydrogen-bond acceptors (Lipinski definition) is 5. The van der Waals surface area contributed by atoms with E-state index in [-0.39, 0.29) is 23.7 Å². The zero-order valence-electron chi connectivity index (χ0n) is 18.0. The van der Waals surface area contributed by atoms with Crippen LogP contribution in [0.15, 0.2) is 12.2 Å². The maximum absolute atomic E-state index is 10.4. The van der Waals surface area contributed by atoms with Gasteiger partial charge >= 0.3 is 11.9 Å². The van der Waals surface area contributed by atoms with Gasteiger partial charge in [0, 0.05) is 18.2 Å². The highest BCUT2D eigenvalue weighted by molar-refractivity contribution is 5.89. The molecule has 0 aromatic rings. The van der Waals surface area contributed by atoms with E-state index < -0.39 is 11.9 Å². The molecule has 0 spiro atoms. The van der Waals surface area contributed by atoms with E-state index in [2.05, 4.69) is 13.8 Å². The number of nitrogens with two attached hydrogens (primary N) is 1. The summed E-state index contributed by atoms with van der Waals surface area (Å²) in [5.74, 6) is 0.343. The van der Waals surface area contributed by atoms with E-state index in [9.17, 15) is 19.8 Å². The van der Waals surface area contributed by atoms with E-state index in [1.807, 2.05) is 0 Å². The maximum Gasteiger partial charge on any atom is 0.328 e. The second kappa shape index (κ2) is 8.60. The summed E-state index contributed by atoms with van der Waals surface area (Å²) in [5, 5.41) is 36.1. The molecule has 0 radical (unpaired) electrons. The molecule has 4 aliphatic rings. The average molecular weight is 424 g/mol. The molecule has 6 N–H and O–H groups in total. The first-order chi connectivity index (χ1) is 14.0. The fourth-order valence-electron chi connectivity index (χ4n) is 7.43. The van der Waals surface area contributed by atoms with Crippen LogP contribution >= 0.6 is 0 Å². The van der Waals surface area contributed by atoms with Crippen molar-refractivity contribution in [2.24, 2.45) is 40.2 Å². The fraction of sp³-hybridized carbons (Fsp3) is 0.826. The minimum atomic E-state index is -1.26. The van der Waals surface area contributed by atoms with Gasteiger partial charge in [-0.25, -0.2) is 9.59 Å². The molecule has 170 valence electrons. The fourth-order valence-corrected chi connectivity index (χ4v) is 7.43. The van der Waals surface area contributed by atoms with Crippen LogP contribution in [0.1, 0.15) is 65.2 Å². The molecule has 0 bridgehead atoms. The Morgan fingerprint density at radius 2 is 1.47 bits per heavy atom. The van der Waals surface area contributed by atoms with Crippen molar-refractivity contribution in [2.75, 3.05) is 0 Å². The molecule has 0 unspecified atom stereocenters. The van der Waals surface area contributed by atoms with Gasteiger partial charge < -0.3 is 26.2 Å². The van der Waals surface area contributed by atoms with Crippen LogP contribution in [0.25, 0.3) is 0 Å². The van der Waals surface area contributed by atoms with Gasteiger partial charge in [-0.1, -0.05) is 13.8 Å². The SMILES string of the molecule is C[C@]12CC[C@H](O)C[C@@H]1CC[C@@H]1[C@@H]2CC[C@]2(C)[C@@H](N)[C@H](O)C[C@@H]12.O=C(O)/C=C\C(=O)O. The van der Waals surface area contributed by atoms with Gasteiger partial charge in [0.15, 0.2) is 0 Å². The molecule has 4 rings (SSSR count). The Morgan fingerprint density at radius 3 is 2.07 bits per heavy atom. The van der Waals surface area contributed by atoms with Gasteiger partial charge in [0.25, 0.3) is 0 Å². The molecule has 0 aromatic heterocycles. The van der Waals surface area contributed by atoms with Gasteiger partial charge in [-0.05, 0) is 85.9 Å². The monoisotopic (exact) mass is 423 g/mol. The smallest absolute Gasteiger partial charge is 0.328 e. The zero-order valence-corrected chi connectivity index (χ0v) is 18.0. The predicted molar refractivity (Wildman–Crippen MR) is 112 cm³/mol. The van der Waals surface area contributed by atoms with Crippen LogP contribution in [0.4, 0.5) is 0 Å². The Hall–Kier alpha value is -1.44. The summed E-state index contributed by atoms with van der Waals surface area (Å²) in [7, 11) is 0. The second-order valence-electron chi connectivity index (χ2n) is 10.5. The van der Waals surface area contributed by atoms with Crippen molar-refractivity contribution in [3.05, 3.63) is 12.2 Å². The Kier molecular flexibility index (Phi) is 6.65.